The van der Waals surface area contributed by atoms with E-state index in [2.05, 4.69) is 47.3 Å². The SMILES string of the molecule is CCCCCc1ccc(OCCNc2ncnc(C)c2Cl)c(CC)c1. The number of ether oxygens (including phenoxy) is 1. The van der Waals surface area contributed by atoms with Gasteiger partial charge in [-0.05, 0) is 43.4 Å². The van der Waals surface area contributed by atoms with Crippen LogP contribution in [0.15, 0.2) is 24.5 Å². The lowest BCUT2D eigenvalue weighted by atomic mass is 10.0. The molecule has 1 aromatic heterocycles. The Hall–Kier alpha value is -1.81. The number of nitrogens with zero attached hydrogens (tertiary/aromatic N) is 2. The van der Waals surface area contributed by atoms with Crippen molar-refractivity contribution in [3.63, 3.8) is 0 Å². The van der Waals surface area contributed by atoms with Gasteiger partial charge in [0.25, 0.3) is 0 Å². The van der Waals surface area contributed by atoms with E-state index in [-0.39, 0.29) is 0 Å². The quantitative estimate of drug-likeness (QED) is 0.589. The van der Waals surface area contributed by atoms with Gasteiger partial charge in [0.2, 0.25) is 0 Å². The van der Waals surface area contributed by atoms with Gasteiger partial charge < -0.3 is 10.1 Å². The second kappa shape index (κ2) is 10.2. The van der Waals surface area contributed by atoms with Gasteiger partial charge in [0.15, 0.2) is 0 Å². The van der Waals surface area contributed by atoms with E-state index in [1.54, 1.807) is 0 Å². The van der Waals surface area contributed by atoms with Crippen molar-refractivity contribution < 1.29 is 4.74 Å². The maximum atomic E-state index is 6.18. The van der Waals surface area contributed by atoms with Gasteiger partial charge in [-0.25, -0.2) is 9.97 Å². The minimum absolute atomic E-state index is 0.557. The first kappa shape index (κ1) is 19.5. The third-order valence-electron chi connectivity index (χ3n) is 4.19. The minimum Gasteiger partial charge on any atom is -0.491 e. The number of rotatable bonds is 10. The maximum absolute atomic E-state index is 6.18. The third kappa shape index (κ3) is 5.89. The first-order chi connectivity index (χ1) is 12.2. The van der Waals surface area contributed by atoms with E-state index in [1.807, 2.05) is 6.92 Å². The molecule has 0 radical (unpaired) electrons. The predicted molar refractivity (Wildman–Crippen MR) is 105 cm³/mol. The molecule has 0 bridgehead atoms. The molecule has 0 unspecified atom stereocenters. The van der Waals surface area contributed by atoms with Gasteiger partial charge in [-0.15, -0.1) is 0 Å². The van der Waals surface area contributed by atoms with Crippen LogP contribution >= 0.6 is 11.6 Å². The molecule has 0 aliphatic carbocycles. The van der Waals surface area contributed by atoms with E-state index in [0.717, 1.165) is 24.3 Å². The van der Waals surface area contributed by atoms with Crippen LogP contribution in [0.4, 0.5) is 5.82 Å². The fourth-order valence-corrected chi connectivity index (χ4v) is 2.86. The Kier molecular flexibility index (Phi) is 7.99. The van der Waals surface area contributed by atoms with Crippen LogP contribution < -0.4 is 10.1 Å². The van der Waals surface area contributed by atoms with Crippen LogP contribution in [0.3, 0.4) is 0 Å². The molecule has 1 heterocycles. The Morgan fingerprint density at radius 2 is 2.00 bits per heavy atom. The molecule has 0 spiro atoms. The highest BCUT2D eigenvalue weighted by Crippen LogP contribution is 2.23. The Morgan fingerprint density at radius 1 is 1.16 bits per heavy atom. The molecule has 0 saturated carbocycles. The number of anilines is 1. The highest BCUT2D eigenvalue weighted by Gasteiger charge is 2.06. The normalized spacial score (nSPS) is 10.7. The summed E-state index contributed by atoms with van der Waals surface area (Å²) in [5, 5.41) is 3.76. The molecule has 2 aromatic rings. The standard InChI is InChI=1S/C20H28ClN3O/c1-4-6-7-8-16-9-10-18(17(5-2)13-16)25-12-11-22-20-19(21)15(3)23-14-24-20/h9-10,13-14H,4-8,11-12H2,1-3H3,(H,22,23,24). The van der Waals surface area contributed by atoms with Gasteiger partial charge in [0.05, 0.1) is 12.2 Å². The van der Waals surface area contributed by atoms with E-state index >= 15 is 0 Å². The summed E-state index contributed by atoms with van der Waals surface area (Å²) < 4.78 is 5.95. The molecule has 0 fully saturated rings. The molecule has 5 heteroatoms. The number of aryl methyl sites for hydroxylation is 3. The lowest BCUT2D eigenvalue weighted by molar-refractivity contribution is 0.329. The summed E-state index contributed by atoms with van der Waals surface area (Å²) in [5.41, 5.74) is 3.44. The summed E-state index contributed by atoms with van der Waals surface area (Å²) >= 11 is 6.18. The predicted octanol–water partition coefficient (Wildman–Crippen LogP) is 5.22. The Bertz CT molecular complexity index is 676. The molecule has 0 aliphatic rings. The Labute approximate surface area is 156 Å². The molecule has 1 aromatic carbocycles. The maximum Gasteiger partial charge on any atom is 0.148 e. The van der Waals surface area contributed by atoms with E-state index in [4.69, 9.17) is 16.3 Å². The van der Waals surface area contributed by atoms with Gasteiger partial charge in [0.1, 0.15) is 29.5 Å². The molecule has 2 rings (SSSR count). The van der Waals surface area contributed by atoms with E-state index in [1.165, 1.54) is 36.7 Å². The van der Waals surface area contributed by atoms with Gasteiger partial charge in [-0.1, -0.05) is 50.4 Å². The zero-order valence-electron chi connectivity index (χ0n) is 15.4. The minimum atomic E-state index is 0.557. The summed E-state index contributed by atoms with van der Waals surface area (Å²) in [7, 11) is 0. The van der Waals surface area contributed by atoms with E-state index in [9.17, 15) is 0 Å². The van der Waals surface area contributed by atoms with Gasteiger partial charge in [-0.2, -0.15) is 0 Å². The van der Waals surface area contributed by atoms with Gasteiger partial charge >= 0.3 is 0 Å². The van der Waals surface area contributed by atoms with E-state index in [0.29, 0.717) is 24.0 Å². The number of hydrogen-bond donors (Lipinski definition) is 1. The number of hydrogen-bond acceptors (Lipinski definition) is 4. The fraction of sp³-hybridized carbons (Fsp3) is 0.500. The average molecular weight is 362 g/mol. The van der Waals surface area contributed by atoms with Gasteiger partial charge in [0, 0.05) is 0 Å². The Morgan fingerprint density at radius 3 is 2.76 bits per heavy atom. The lowest BCUT2D eigenvalue weighted by Gasteiger charge is -2.13. The van der Waals surface area contributed by atoms with Crippen LogP contribution in [0.2, 0.25) is 5.02 Å². The van der Waals surface area contributed by atoms with Crippen LogP contribution in [-0.4, -0.2) is 23.1 Å². The molecule has 0 aliphatic heterocycles. The van der Waals surface area contributed by atoms with Crippen molar-refractivity contribution in [1.82, 2.24) is 9.97 Å². The monoisotopic (exact) mass is 361 g/mol. The second-order valence-electron chi connectivity index (χ2n) is 6.15. The van der Waals surface area contributed by atoms with Crippen LogP contribution in [0, 0.1) is 6.92 Å². The van der Waals surface area contributed by atoms with Crippen LogP contribution in [-0.2, 0) is 12.8 Å². The molecular formula is C20H28ClN3O. The Balaban J connectivity index is 1.86. The topological polar surface area (TPSA) is 47.0 Å². The molecular weight excluding hydrogens is 334 g/mol. The summed E-state index contributed by atoms with van der Waals surface area (Å²) in [5.74, 6) is 1.62. The number of benzene rings is 1. The van der Waals surface area contributed by atoms with Crippen molar-refractivity contribution in [2.45, 2.75) is 52.9 Å². The molecule has 1 N–H and O–H groups in total. The molecule has 0 saturated heterocycles. The van der Waals surface area contributed by atoms with Crippen molar-refractivity contribution in [2.75, 3.05) is 18.5 Å². The average Bonchev–Trinajstić information content (AvgIpc) is 2.63. The first-order valence-electron chi connectivity index (χ1n) is 9.11. The third-order valence-corrected chi connectivity index (χ3v) is 4.64. The second-order valence-corrected chi connectivity index (χ2v) is 6.53. The van der Waals surface area contributed by atoms with Crippen molar-refractivity contribution in [1.29, 1.82) is 0 Å². The number of nitrogens with one attached hydrogen (secondary N) is 1. The molecule has 0 atom stereocenters. The number of halogens is 1. The smallest absolute Gasteiger partial charge is 0.148 e. The molecule has 0 amide bonds. The summed E-state index contributed by atoms with van der Waals surface area (Å²) in [6.45, 7) is 7.46. The van der Waals surface area contributed by atoms with Crippen LogP contribution in [0.5, 0.6) is 5.75 Å². The fourth-order valence-electron chi connectivity index (χ4n) is 2.70. The summed E-state index contributed by atoms with van der Waals surface area (Å²) in [6.07, 6.45) is 7.43. The summed E-state index contributed by atoms with van der Waals surface area (Å²) in [4.78, 5) is 8.21. The number of aromatic nitrogens is 2. The van der Waals surface area contributed by atoms with Crippen molar-refractivity contribution in [3.05, 3.63) is 46.4 Å². The summed E-state index contributed by atoms with van der Waals surface area (Å²) in [6, 6.07) is 6.56. The number of unbranched alkanes of at least 4 members (excludes halogenated alkanes) is 2. The molecule has 136 valence electrons. The zero-order chi connectivity index (χ0) is 18.1. The van der Waals surface area contributed by atoms with Gasteiger partial charge in [-0.3, -0.25) is 0 Å². The highest BCUT2D eigenvalue weighted by atomic mass is 35.5. The molecule has 25 heavy (non-hydrogen) atoms. The van der Waals surface area contributed by atoms with Crippen molar-refractivity contribution >= 4 is 17.4 Å². The first-order valence-corrected chi connectivity index (χ1v) is 9.49. The lowest BCUT2D eigenvalue weighted by Crippen LogP contribution is -2.13. The van der Waals surface area contributed by atoms with Crippen LogP contribution in [0.25, 0.3) is 0 Å². The zero-order valence-corrected chi connectivity index (χ0v) is 16.2. The largest absolute Gasteiger partial charge is 0.491 e. The molecule has 4 nitrogen and oxygen atoms in total. The van der Waals surface area contributed by atoms with E-state index < -0.39 is 0 Å². The highest BCUT2D eigenvalue weighted by molar-refractivity contribution is 6.33. The van der Waals surface area contributed by atoms with Crippen molar-refractivity contribution in [3.8, 4) is 5.75 Å². The van der Waals surface area contributed by atoms with Crippen molar-refractivity contribution in [2.24, 2.45) is 0 Å². The van der Waals surface area contributed by atoms with Crippen LogP contribution in [0.1, 0.15) is 49.9 Å².